The van der Waals surface area contributed by atoms with Crippen LogP contribution in [0, 0.1) is 35.0 Å². The first kappa shape index (κ1) is 14.3. The van der Waals surface area contributed by atoms with E-state index in [4.69, 9.17) is 0 Å². The standard InChI is InChI=1S/C21H34/c1-3-16-10-12-20-19-11-9-15-7-5-6-8-17(15)18(19)13-14-21(16,20)4-2/h7,16-20H,3-6,8-14H2,1-2H3/t16-,17-,18+,19+,20-,21+/m0/s1. The average Bonchev–Trinajstić information content (AvgIpc) is 2.93. The van der Waals surface area contributed by atoms with Crippen molar-refractivity contribution < 1.29 is 0 Å². The van der Waals surface area contributed by atoms with Crippen molar-refractivity contribution in [3.63, 3.8) is 0 Å². The van der Waals surface area contributed by atoms with Crippen LogP contribution < -0.4 is 0 Å². The van der Waals surface area contributed by atoms with Crippen molar-refractivity contribution in [1.82, 2.24) is 0 Å². The van der Waals surface area contributed by atoms with Crippen LogP contribution in [0.25, 0.3) is 0 Å². The summed E-state index contributed by atoms with van der Waals surface area (Å²) < 4.78 is 0. The largest absolute Gasteiger partial charge is 0.0850 e. The lowest BCUT2D eigenvalue weighted by Crippen LogP contribution is -2.47. The summed E-state index contributed by atoms with van der Waals surface area (Å²) in [5, 5.41) is 0. The molecule has 6 atom stereocenters. The number of fused-ring (bicyclic) bond motifs is 5. The fourth-order valence-electron chi connectivity index (χ4n) is 7.56. The second-order valence-electron chi connectivity index (χ2n) is 8.60. The lowest BCUT2D eigenvalue weighted by molar-refractivity contribution is -0.0364. The summed E-state index contributed by atoms with van der Waals surface area (Å²) in [7, 11) is 0. The summed E-state index contributed by atoms with van der Waals surface area (Å²) in [6.07, 6.45) is 19.2. The SMILES string of the molecule is CC[C@H]1CC[C@H]2[C@@H]3CCC4=CCCC[C@@H]4[C@H]3CC[C@]12CC. The molecule has 0 heterocycles. The van der Waals surface area contributed by atoms with E-state index < -0.39 is 0 Å². The Hall–Kier alpha value is -0.260. The summed E-state index contributed by atoms with van der Waals surface area (Å²) in [6.45, 7) is 4.97. The van der Waals surface area contributed by atoms with Crippen molar-refractivity contribution in [2.24, 2.45) is 35.0 Å². The monoisotopic (exact) mass is 286 g/mol. The third kappa shape index (κ3) is 2.00. The molecule has 3 saturated carbocycles. The molecule has 118 valence electrons. The fourth-order valence-corrected chi connectivity index (χ4v) is 7.56. The second kappa shape index (κ2) is 5.43. The van der Waals surface area contributed by atoms with Gasteiger partial charge in [-0.05, 0) is 99.2 Å². The molecule has 0 aromatic rings. The van der Waals surface area contributed by atoms with Gasteiger partial charge in [-0.2, -0.15) is 0 Å². The number of hydrogen-bond acceptors (Lipinski definition) is 0. The van der Waals surface area contributed by atoms with Crippen LogP contribution in [0.1, 0.15) is 84.5 Å². The third-order valence-corrected chi connectivity index (χ3v) is 8.42. The highest BCUT2D eigenvalue weighted by molar-refractivity contribution is 5.18. The van der Waals surface area contributed by atoms with Gasteiger partial charge in [-0.25, -0.2) is 0 Å². The molecular weight excluding hydrogens is 252 g/mol. The Morgan fingerprint density at radius 3 is 2.76 bits per heavy atom. The predicted octanol–water partition coefficient (Wildman–Crippen LogP) is 6.37. The first-order chi connectivity index (χ1) is 10.3. The predicted molar refractivity (Wildman–Crippen MR) is 90.1 cm³/mol. The molecular formula is C21H34. The van der Waals surface area contributed by atoms with Gasteiger partial charge in [0.1, 0.15) is 0 Å². The van der Waals surface area contributed by atoms with E-state index in [-0.39, 0.29) is 0 Å². The summed E-state index contributed by atoms with van der Waals surface area (Å²) in [5.41, 5.74) is 2.64. The van der Waals surface area contributed by atoms with Crippen LogP contribution in [0.2, 0.25) is 0 Å². The molecule has 0 aliphatic heterocycles. The molecule has 0 saturated heterocycles. The smallest absolute Gasteiger partial charge is 0.0172 e. The van der Waals surface area contributed by atoms with Gasteiger partial charge in [0.25, 0.3) is 0 Å². The molecule has 0 spiro atoms. The summed E-state index contributed by atoms with van der Waals surface area (Å²) in [5.74, 6) is 5.32. The normalized spacial score (nSPS) is 49.0. The molecule has 0 unspecified atom stereocenters. The minimum absolute atomic E-state index is 0.756. The van der Waals surface area contributed by atoms with E-state index >= 15 is 0 Å². The van der Waals surface area contributed by atoms with Crippen molar-refractivity contribution >= 4 is 0 Å². The third-order valence-electron chi connectivity index (χ3n) is 8.42. The number of allylic oxidation sites excluding steroid dienone is 2. The average molecular weight is 287 g/mol. The van der Waals surface area contributed by atoms with E-state index in [1.54, 1.807) is 25.7 Å². The minimum Gasteiger partial charge on any atom is -0.0850 e. The summed E-state index contributed by atoms with van der Waals surface area (Å²) >= 11 is 0. The van der Waals surface area contributed by atoms with Crippen LogP contribution in [0.5, 0.6) is 0 Å². The molecule has 4 rings (SSSR count). The molecule has 0 nitrogen and oxygen atoms in total. The van der Waals surface area contributed by atoms with Gasteiger partial charge in [0.15, 0.2) is 0 Å². The van der Waals surface area contributed by atoms with Gasteiger partial charge in [-0.15, -0.1) is 0 Å². The molecule has 21 heavy (non-hydrogen) atoms. The Morgan fingerprint density at radius 1 is 1.05 bits per heavy atom. The Kier molecular flexibility index (Phi) is 3.71. The highest BCUT2D eigenvalue weighted by Crippen LogP contribution is 2.65. The van der Waals surface area contributed by atoms with Crippen LogP contribution in [-0.2, 0) is 0 Å². The summed E-state index contributed by atoms with van der Waals surface area (Å²) in [6, 6.07) is 0. The highest BCUT2D eigenvalue weighted by Gasteiger charge is 2.56. The van der Waals surface area contributed by atoms with Crippen LogP contribution in [-0.4, -0.2) is 0 Å². The van der Waals surface area contributed by atoms with Crippen molar-refractivity contribution in [2.45, 2.75) is 84.5 Å². The van der Waals surface area contributed by atoms with Crippen molar-refractivity contribution in [2.75, 3.05) is 0 Å². The molecule has 0 aromatic heterocycles. The van der Waals surface area contributed by atoms with Gasteiger partial charge in [0, 0.05) is 0 Å². The quantitative estimate of drug-likeness (QED) is 0.518. The first-order valence-electron chi connectivity index (χ1n) is 9.99. The van der Waals surface area contributed by atoms with Crippen LogP contribution in [0.3, 0.4) is 0 Å². The lowest BCUT2D eigenvalue weighted by atomic mass is 9.50. The molecule has 0 aromatic carbocycles. The Balaban J connectivity index is 1.63. The first-order valence-corrected chi connectivity index (χ1v) is 9.99. The molecule has 0 N–H and O–H groups in total. The maximum absolute atomic E-state index is 2.63. The molecule has 0 bridgehead atoms. The van der Waals surface area contributed by atoms with Crippen molar-refractivity contribution in [3.05, 3.63) is 11.6 Å². The zero-order valence-electron chi connectivity index (χ0n) is 14.2. The molecule has 3 fully saturated rings. The zero-order valence-corrected chi connectivity index (χ0v) is 14.2. The van der Waals surface area contributed by atoms with E-state index in [0.29, 0.717) is 0 Å². The zero-order chi connectivity index (χ0) is 14.4. The number of hydrogen-bond donors (Lipinski definition) is 0. The van der Waals surface area contributed by atoms with Crippen LogP contribution >= 0.6 is 0 Å². The van der Waals surface area contributed by atoms with E-state index in [0.717, 1.165) is 35.0 Å². The minimum atomic E-state index is 0.756. The van der Waals surface area contributed by atoms with Crippen molar-refractivity contribution in [1.29, 1.82) is 0 Å². The Morgan fingerprint density at radius 2 is 1.95 bits per heavy atom. The van der Waals surface area contributed by atoms with E-state index in [2.05, 4.69) is 19.9 Å². The van der Waals surface area contributed by atoms with E-state index in [9.17, 15) is 0 Å². The molecule has 0 amide bonds. The van der Waals surface area contributed by atoms with E-state index in [1.807, 2.05) is 5.57 Å². The number of rotatable bonds is 2. The van der Waals surface area contributed by atoms with Crippen LogP contribution in [0.15, 0.2) is 11.6 Å². The van der Waals surface area contributed by atoms with Gasteiger partial charge in [0.05, 0.1) is 0 Å². The molecule has 4 aliphatic rings. The van der Waals surface area contributed by atoms with Gasteiger partial charge in [-0.1, -0.05) is 31.9 Å². The maximum Gasteiger partial charge on any atom is -0.0172 e. The Bertz CT molecular complexity index is 420. The van der Waals surface area contributed by atoms with Gasteiger partial charge in [-0.3, -0.25) is 0 Å². The second-order valence-corrected chi connectivity index (χ2v) is 8.60. The van der Waals surface area contributed by atoms with E-state index in [1.165, 1.54) is 44.9 Å². The molecule has 4 aliphatic carbocycles. The Labute approximate surface area is 131 Å². The lowest BCUT2D eigenvalue weighted by Gasteiger charge is -2.55. The summed E-state index contributed by atoms with van der Waals surface area (Å²) in [4.78, 5) is 0. The fraction of sp³-hybridized carbons (Fsp3) is 0.905. The molecule has 0 heteroatoms. The maximum atomic E-state index is 2.63. The van der Waals surface area contributed by atoms with Gasteiger partial charge >= 0.3 is 0 Å². The van der Waals surface area contributed by atoms with Gasteiger partial charge in [0.2, 0.25) is 0 Å². The van der Waals surface area contributed by atoms with Gasteiger partial charge < -0.3 is 0 Å². The van der Waals surface area contributed by atoms with Crippen molar-refractivity contribution in [3.8, 4) is 0 Å². The topological polar surface area (TPSA) is 0 Å². The van der Waals surface area contributed by atoms with Crippen LogP contribution in [0.4, 0.5) is 0 Å². The molecule has 0 radical (unpaired) electrons. The highest BCUT2D eigenvalue weighted by atomic mass is 14.6.